The predicted molar refractivity (Wildman–Crippen MR) is 68.0 cm³/mol. The number of carbonyl (C=O) groups excluding carboxylic acids is 1. The summed E-state index contributed by atoms with van der Waals surface area (Å²) >= 11 is 6.14. The molecule has 2 rings (SSSR count). The SMILES string of the molecule is CN(C)CCn1ncc(Cl)c1C1=CC(=O)CC1. The van der Waals surface area contributed by atoms with Crippen molar-refractivity contribution < 1.29 is 4.79 Å². The van der Waals surface area contributed by atoms with Crippen LogP contribution in [0.3, 0.4) is 0 Å². The van der Waals surface area contributed by atoms with Crippen LogP contribution < -0.4 is 0 Å². The number of ketones is 1. The van der Waals surface area contributed by atoms with Crippen molar-refractivity contribution in [1.29, 1.82) is 0 Å². The van der Waals surface area contributed by atoms with E-state index < -0.39 is 0 Å². The van der Waals surface area contributed by atoms with Gasteiger partial charge in [-0.1, -0.05) is 11.6 Å². The number of rotatable bonds is 4. The normalized spacial score (nSPS) is 15.8. The second-order valence-corrected chi connectivity index (χ2v) is 4.91. The maximum Gasteiger partial charge on any atom is 0.156 e. The maximum absolute atomic E-state index is 11.3. The molecule has 0 radical (unpaired) electrons. The van der Waals surface area contributed by atoms with Gasteiger partial charge in [0.05, 0.1) is 23.5 Å². The molecule has 0 aromatic carbocycles. The van der Waals surface area contributed by atoms with Gasteiger partial charge in [0.1, 0.15) is 0 Å². The zero-order valence-corrected chi connectivity index (χ0v) is 10.9. The molecule has 0 fully saturated rings. The van der Waals surface area contributed by atoms with E-state index in [4.69, 9.17) is 11.6 Å². The van der Waals surface area contributed by atoms with Crippen molar-refractivity contribution >= 4 is 23.0 Å². The maximum atomic E-state index is 11.3. The summed E-state index contributed by atoms with van der Waals surface area (Å²) in [7, 11) is 4.03. The first kappa shape index (κ1) is 12.3. The molecule has 0 atom stereocenters. The summed E-state index contributed by atoms with van der Waals surface area (Å²) in [6, 6.07) is 0. The third-order valence-electron chi connectivity index (χ3n) is 2.83. The van der Waals surface area contributed by atoms with E-state index in [1.54, 1.807) is 12.3 Å². The number of allylic oxidation sites excluding steroid dienone is 2. The minimum atomic E-state index is 0.177. The van der Waals surface area contributed by atoms with Crippen molar-refractivity contribution in [2.45, 2.75) is 19.4 Å². The van der Waals surface area contributed by atoms with Gasteiger partial charge in [-0.25, -0.2) is 0 Å². The van der Waals surface area contributed by atoms with Crippen LogP contribution in [-0.2, 0) is 11.3 Å². The fourth-order valence-corrected chi connectivity index (χ4v) is 2.19. The fourth-order valence-electron chi connectivity index (χ4n) is 1.93. The first-order valence-corrected chi connectivity index (χ1v) is 6.05. The zero-order valence-electron chi connectivity index (χ0n) is 10.1. The minimum Gasteiger partial charge on any atom is -0.308 e. The van der Waals surface area contributed by atoms with Crippen LogP contribution in [0.4, 0.5) is 0 Å². The molecule has 1 aromatic heterocycles. The van der Waals surface area contributed by atoms with E-state index in [-0.39, 0.29) is 5.78 Å². The topological polar surface area (TPSA) is 38.1 Å². The third-order valence-corrected chi connectivity index (χ3v) is 3.11. The molecule has 5 heteroatoms. The second-order valence-electron chi connectivity index (χ2n) is 4.50. The van der Waals surface area contributed by atoms with Gasteiger partial charge in [-0.15, -0.1) is 0 Å². The van der Waals surface area contributed by atoms with E-state index in [9.17, 15) is 4.79 Å². The molecule has 1 aliphatic rings. The van der Waals surface area contributed by atoms with Gasteiger partial charge in [-0.05, 0) is 32.2 Å². The lowest BCUT2D eigenvalue weighted by Crippen LogP contribution is -2.20. The van der Waals surface area contributed by atoms with Crippen molar-refractivity contribution in [2.75, 3.05) is 20.6 Å². The number of nitrogens with zero attached hydrogens (tertiary/aromatic N) is 3. The summed E-state index contributed by atoms with van der Waals surface area (Å²) in [5, 5.41) is 4.89. The standard InChI is InChI=1S/C12H16ClN3O/c1-15(2)5-6-16-12(11(13)8-14-16)9-3-4-10(17)7-9/h7-8H,3-6H2,1-2H3. The Kier molecular flexibility index (Phi) is 3.64. The lowest BCUT2D eigenvalue weighted by molar-refractivity contribution is -0.114. The lowest BCUT2D eigenvalue weighted by Gasteiger charge is -2.12. The Bertz CT molecular complexity index is 462. The number of likely N-dealkylation sites (N-methyl/N-ethyl adjacent to an activating group) is 1. The molecule has 0 amide bonds. The van der Waals surface area contributed by atoms with Gasteiger partial charge in [0.15, 0.2) is 5.78 Å². The highest BCUT2D eigenvalue weighted by Gasteiger charge is 2.20. The number of carbonyl (C=O) groups is 1. The van der Waals surface area contributed by atoms with E-state index in [0.717, 1.165) is 30.8 Å². The average molecular weight is 254 g/mol. The summed E-state index contributed by atoms with van der Waals surface area (Å²) in [6.07, 6.45) is 4.70. The highest BCUT2D eigenvalue weighted by atomic mass is 35.5. The van der Waals surface area contributed by atoms with Gasteiger partial charge in [0.2, 0.25) is 0 Å². The Hall–Kier alpha value is -1.13. The number of hydrogen-bond donors (Lipinski definition) is 0. The van der Waals surface area contributed by atoms with Gasteiger partial charge >= 0.3 is 0 Å². The van der Waals surface area contributed by atoms with Crippen LogP contribution in [0.1, 0.15) is 18.5 Å². The summed E-state index contributed by atoms with van der Waals surface area (Å²) in [6.45, 7) is 1.67. The molecule has 1 aliphatic carbocycles. The van der Waals surface area contributed by atoms with Crippen LogP contribution in [0.5, 0.6) is 0 Å². The molecule has 1 heterocycles. The second kappa shape index (κ2) is 5.02. The van der Waals surface area contributed by atoms with Crippen LogP contribution in [0, 0.1) is 0 Å². The van der Waals surface area contributed by atoms with Crippen molar-refractivity contribution in [3.05, 3.63) is 23.0 Å². The zero-order chi connectivity index (χ0) is 12.4. The molecule has 0 aliphatic heterocycles. The van der Waals surface area contributed by atoms with Crippen molar-refractivity contribution in [3.63, 3.8) is 0 Å². The quantitative estimate of drug-likeness (QED) is 0.822. The Balaban J connectivity index is 2.23. The van der Waals surface area contributed by atoms with Gasteiger partial charge in [-0.3, -0.25) is 9.48 Å². The highest BCUT2D eigenvalue weighted by molar-refractivity contribution is 6.32. The van der Waals surface area contributed by atoms with Crippen molar-refractivity contribution in [3.8, 4) is 0 Å². The molecule has 0 unspecified atom stereocenters. The van der Waals surface area contributed by atoms with E-state index in [0.29, 0.717) is 11.4 Å². The van der Waals surface area contributed by atoms with Crippen LogP contribution in [0.15, 0.2) is 12.3 Å². The molecule has 0 bridgehead atoms. The van der Waals surface area contributed by atoms with Crippen molar-refractivity contribution in [1.82, 2.24) is 14.7 Å². The average Bonchev–Trinajstić information content (AvgIpc) is 2.82. The van der Waals surface area contributed by atoms with Crippen LogP contribution in [0.25, 0.3) is 5.57 Å². The smallest absolute Gasteiger partial charge is 0.156 e. The monoisotopic (exact) mass is 253 g/mol. The first-order chi connectivity index (χ1) is 8.08. The molecule has 0 spiro atoms. The predicted octanol–water partition coefficient (Wildman–Crippen LogP) is 1.84. The molecular formula is C12H16ClN3O. The van der Waals surface area contributed by atoms with E-state index in [1.165, 1.54) is 0 Å². The Morgan fingerprint density at radius 1 is 1.47 bits per heavy atom. The van der Waals surface area contributed by atoms with E-state index >= 15 is 0 Å². The molecule has 0 N–H and O–H groups in total. The summed E-state index contributed by atoms with van der Waals surface area (Å²) < 4.78 is 1.88. The summed E-state index contributed by atoms with van der Waals surface area (Å²) in [4.78, 5) is 13.4. The molecule has 92 valence electrons. The molecule has 4 nitrogen and oxygen atoms in total. The molecule has 1 aromatic rings. The van der Waals surface area contributed by atoms with E-state index in [1.807, 2.05) is 18.8 Å². The first-order valence-electron chi connectivity index (χ1n) is 5.67. The molecule has 0 saturated carbocycles. The van der Waals surface area contributed by atoms with E-state index in [2.05, 4.69) is 10.00 Å². The largest absolute Gasteiger partial charge is 0.308 e. The van der Waals surface area contributed by atoms with Crippen molar-refractivity contribution in [2.24, 2.45) is 0 Å². The van der Waals surface area contributed by atoms with Crippen LogP contribution in [0.2, 0.25) is 5.02 Å². The number of hydrogen-bond acceptors (Lipinski definition) is 3. The van der Waals surface area contributed by atoms with Gasteiger partial charge in [-0.2, -0.15) is 5.10 Å². The Morgan fingerprint density at radius 2 is 2.24 bits per heavy atom. The lowest BCUT2D eigenvalue weighted by atomic mass is 10.1. The number of halogens is 1. The van der Waals surface area contributed by atoms with Crippen LogP contribution >= 0.6 is 11.6 Å². The molecule has 0 saturated heterocycles. The van der Waals surface area contributed by atoms with Crippen LogP contribution in [-0.4, -0.2) is 41.1 Å². The Morgan fingerprint density at radius 3 is 2.82 bits per heavy atom. The van der Waals surface area contributed by atoms with Gasteiger partial charge in [0, 0.05) is 13.0 Å². The fraction of sp³-hybridized carbons (Fsp3) is 0.500. The number of aromatic nitrogens is 2. The summed E-state index contributed by atoms with van der Waals surface area (Å²) in [5.74, 6) is 0.177. The molecular weight excluding hydrogens is 238 g/mol. The highest BCUT2D eigenvalue weighted by Crippen LogP contribution is 2.30. The third kappa shape index (κ3) is 2.76. The Labute approximate surface area is 106 Å². The molecule has 17 heavy (non-hydrogen) atoms. The summed E-state index contributed by atoms with van der Waals surface area (Å²) in [5.41, 5.74) is 1.91. The minimum absolute atomic E-state index is 0.177. The van der Waals surface area contributed by atoms with Gasteiger partial charge in [0.25, 0.3) is 0 Å². The van der Waals surface area contributed by atoms with Gasteiger partial charge < -0.3 is 4.90 Å².